The van der Waals surface area contributed by atoms with Crippen molar-refractivity contribution in [1.29, 1.82) is 0 Å². The number of aromatic nitrogens is 1. The second-order valence-electron chi connectivity index (χ2n) is 5.81. The summed E-state index contributed by atoms with van der Waals surface area (Å²) in [6.07, 6.45) is 0. The lowest BCUT2D eigenvalue weighted by molar-refractivity contribution is 0.415. The number of hydrogen-bond donors (Lipinski definition) is 1. The summed E-state index contributed by atoms with van der Waals surface area (Å²) in [5.41, 5.74) is 3.59. The maximum absolute atomic E-state index is 13.0. The van der Waals surface area contributed by atoms with Crippen molar-refractivity contribution in [2.75, 3.05) is 7.11 Å². The van der Waals surface area contributed by atoms with E-state index < -0.39 is 9.84 Å². The van der Waals surface area contributed by atoms with Crippen LogP contribution in [0.4, 0.5) is 0 Å². The summed E-state index contributed by atoms with van der Waals surface area (Å²) in [6, 6.07) is 14.5. The molecule has 0 aliphatic rings. The molecule has 0 atom stereocenters. The van der Waals surface area contributed by atoms with E-state index in [-0.39, 0.29) is 5.03 Å². The third kappa shape index (κ3) is 3.32. The summed E-state index contributed by atoms with van der Waals surface area (Å²) in [6.45, 7) is 3.76. The number of benzene rings is 2. The number of H-pyrrole nitrogens is 1. The molecule has 2 aromatic carbocycles. The van der Waals surface area contributed by atoms with Gasteiger partial charge in [0.05, 0.1) is 15.7 Å². The molecule has 3 rings (SSSR count). The quantitative estimate of drug-likeness (QED) is 0.564. The van der Waals surface area contributed by atoms with Crippen LogP contribution < -0.4 is 4.74 Å². The second-order valence-corrected chi connectivity index (χ2v) is 8.78. The number of hydrogen-bond acceptors (Lipinski definition) is 3. The highest BCUT2D eigenvalue weighted by atomic mass is 127. The van der Waals surface area contributed by atoms with Crippen molar-refractivity contribution >= 4 is 32.4 Å². The van der Waals surface area contributed by atoms with Crippen molar-refractivity contribution in [3.63, 3.8) is 0 Å². The van der Waals surface area contributed by atoms with Gasteiger partial charge in [-0.15, -0.1) is 0 Å². The summed E-state index contributed by atoms with van der Waals surface area (Å²) in [7, 11) is -1.98. The van der Waals surface area contributed by atoms with Crippen LogP contribution in [-0.2, 0) is 9.84 Å². The minimum atomic E-state index is -3.59. The van der Waals surface area contributed by atoms with Gasteiger partial charge >= 0.3 is 0 Å². The smallest absolute Gasteiger partial charge is 0.222 e. The molecule has 1 N–H and O–H groups in total. The van der Waals surface area contributed by atoms with Crippen LogP contribution in [0.25, 0.3) is 11.1 Å². The molecule has 4 nitrogen and oxygen atoms in total. The number of aromatic amines is 1. The Morgan fingerprint density at radius 1 is 0.960 bits per heavy atom. The van der Waals surface area contributed by atoms with E-state index in [4.69, 9.17) is 4.74 Å². The summed E-state index contributed by atoms with van der Waals surface area (Å²) in [5, 5.41) is 0.242. The standard InChI is InChI=1S/C19H18INO3S/c1-12-4-10-16(11-5-12)25(22,23)19-13(2)17(18(20)21-19)14-6-8-15(24-3)9-7-14/h4-11,21H,1-3H3. The molecule has 0 radical (unpaired) electrons. The summed E-state index contributed by atoms with van der Waals surface area (Å²) in [4.78, 5) is 3.35. The van der Waals surface area contributed by atoms with Crippen molar-refractivity contribution in [3.8, 4) is 16.9 Å². The molecule has 0 amide bonds. The van der Waals surface area contributed by atoms with Gasteiger partial charge in [-0.25, -0.2) is 8.42 Å². The summed E-state index contributed by atoms with van der Waals surface area (Å²) in [5.74, 6) is 0.763. The minimum absolute atomic E-state index is 0.242. The molecule has 1 heterocycles. The molecule has 25 heavy (non-hydrogen) atoms. The Hall–Kier alpha value is -1.80. The highest BCUT2D eigenvalue weighted by Crippen LogP contribution is 2.35. The average molecular weight is 467 g/mol. The largest absolute Gasteiger partial charge is 0.497 e. The fourth-order valence-corrected chi connectivity index (χ4v) is 5.38. The van der Waals surface area contributed by atoms with E-state index >= 15 is 0 Å². The first-order valence-corrected chi connectivity index (χ1v) is 10.2. The molecule has 0 bridgehead atoms. The number of sulfone groups is 1. The maximum Gasteiger partial charge on any atom is 0.222 e. The molecule has 3 aromatic rings. The lowest BCUT2D eigenvalue weighted by Crippen LogP contribution is -2.04. The zero-order chi connectivity index (χ0) is 18.2. The van der Waals surface area contributed by atoms with Crippen molar-refractivity contribution < 1.29 is 13.2 Å². The van der Waals surface area contributed by atoms with Gasteiger partial charge in [0.1, 0.15) is 10.8 Å². The van der Waals surface area contributed by atoms with E-state index in [0.29, 0.717) is 4.90 Å². The van der Waals surface area contributed by atoms with Crippen LogP contribution in [0.3, 0.4) is 0 Å². The predicted octanol–water partition coefficient (Wildman–Crippen LogP) is 4.74. The van der Waals surface area contributed by atoms with E-state index in [2.05, 4.69) is 27.6 Å². The first-order chi connectivity index (χ1) is 11.8. The van der Waals surface area contributed by atoms with E-state index in [9.17, 15) is 8.42 Å². The molecular weight excluding hydrogens is 449 g/mol. The molecule has 130 valence electrons. The fourth-order valence-electron chi connectivity index (χ4n) is 2.74. The zero-order valence-electron chi connectivity index (χ0n) is 14.1. The Morgan fingerprint density at radius 3 is 2.12 bits per heavy atom. The monoisotopic (exact) mass is 467 g/mol. The number of methoxy groups -OCH3 is 1. The second kappa shape index (κ2) is 6.84. The Morgan fingerprint density at radius 2 is 1.56 bits per heavy atom. The van der Waals surface area contributed by atoms with Gasteiger partial charge in [-0.05, 0) is 71.8 Å². The van der Waals surface area contributed by atoms with Crippen molar-refractivity contribution in [2.24, 2.45) is 0 Å². The van der Waals surface area contributed by atoms with Gasteiger partial charge in [-0.3, -0.25) is 0 Å². The number of halogens is 1. The van der Waals surface area contributed by atoms with Crippen molar-refractivity contribution in [2.45, 2.75) is 23.8 Å². The van der Waals surface area contributed by atoms with E-state index in [1.165, 1.54) is 0 Å². The van der Waals surface area contributed by atoms with Crippen LogP contribution in [-0.4, -0.2) is 20.5 Å². The number of aryl methyl sites for hydroxylation is 1. The van der Waals surface area contributed by atoms with Crippen molar-refractivity contribution in [3.05, 3.63) is 63.4 Å². The van der Waals surface area contributed by atoms with Crippen LogP contribution in [0.1, 0.15) is 11.1 Å². The molecule has 0 aliphatic carbocycles. The highest BCUT2D eigenvalue weighted by Gasteiger charge is 2.26. The third-order valence-electron chi connectivity index (χ3n) is 4.14. The van der Waals surface area contributed by atoms with Gasteiger partial charge in [-0.1, -0.05) is 29.8 Å². The fraction of sp³-hybridized carbons (Fsp3) is 0.158. The Kier molecular flexibility index (Phi) is 4.92. The molecule has 0 saturated carbocycles. The average Bonchev–Trinajstić information content (AvgIpc) is 2.90. The Labute approximate surface area is 161 Å². The minimum Gasteiger partial charge on any atom is -0.497 e. The van der Waals surface area contributed by atoms with Crippen LogP contribution in [0, 0.1) is 17.5 Å². The lowest BCUT2D eigenvalue weighted by atomic mass is 10.1. The van der Waals surface area contributed by atoms with Crippen molar-refractivity contribution in [1.82, 2.24) is 4.98 Å². The lowest BCUT2D eigenvalue weighted by Gasteiger charge is -2.06. The number of ether oxygens (including phenoxy) is 1. The summed E-state index contributed by atoms with van der Waals surface area (Å²) < 4.78 is 32.0. The van der Waals surface area contributed by atoms with Crippen LogP contribution in [0.2, 0.25) is 0 Å². The van der Waals surface area contributed by atoms with Gasteiger partial charge in [0.2, 0.25) is 9.84 Å². The molecular formula is C19H18INO3S. The highest BCUT2D eigenvalue weighted by molar-refractivity contribution is 14.1. The number of rotatable bonds is 4. The normalized spacial score (nSPS) is 11.5. The van der Waals surface area contributed by atoms with Crippen LogP contribution in [0.5, 0.6) is 5.75 Å². The molecule has 1 aromatic heterocycles. The van der Waals surface area contributed by atoms with Crippen LogP contribution >= 0.6 is 22.6 Å². The van der Waals surface area contributed by atoms with Gasteiger partial charge < -0.3 is 9.72 Å². The predicted molar refractivity (Wildman–Crippen MR) is 107 cm³/mol. The maximum atomic E-state index is 13.0. The van der Waals surface area contributed by atoms with Gasteiger partial charge in [-0.2, -0.15) is 0 Å². The molecule has 0 aliphatic heterocycles. The summed E-state index contributed by atoms with van der Waals surface area (Å²) >= 11 is 2.14. The molecule has 0 saturated heterocycles. The van der Waals surface area contributed by atoms with Crippen LogP contribution in [0.15, 0.2) is 58.5 Å². The Bertz CT molecular complexity index is 1000. The zero-order valence-corrected chi connectivity index (χ0v) is 17.1. The third-order valence-corrected chi connectivity index (χ3v) is 6.78. The Balaban J connectivity index is 2.11. The molecule has 0 fully saturated rings. The number of nitrogens with one attached hydrogen (secondary N) is 1. The molecule has 0 unspecified atom stereocenters. The van der Waals surface area contributed by atoms with Gasteiger partial charge in [0.25, 0.3) is 0 Å². The SMILES string of the molecule is COc1ccc(-c2c(I)[nH]c(S(=O)(=O)c3ccc(C)cc3)c2C)cc1. The van der Waals surface area contributed by atoms with E-state index in [1.54, 1.807) is 31.4 Å². The topological polar surface area (TPSA) is 59.2 Å². The van der Waals surface area contributed by atoms with E-state index in [0.717, 1.165) is 31.7 Å². The first-order valence-electron chi connectivity index (χ1n) is 7.69. The molecule has 6 heteroatoms. The first kappa shape index (κ1) is 18.0. The van der Waals surface area contributed by atoms with Gasteiger partial charge in [0.15, 0.2) is 0 Å². The van der Waals surface area contributed by atoms with Gasteiger partial charge in [0, 0.05) is 5.56 Å². The van der Waals surface area contributed by atoms with E-state index in [1.807, 2.05) is 38.1 Å². The molecule has 0 spiro atoms.